The predicted octanol–water partition coefficient (Wildman–Crippen LogP) is 1.44. The molecule has 6 heteroatoms. The maximum Gasteiger partial charge on any atom is 0.268 e. The van der Waals surface area contributed by atoms with E-state index in [0.29, 0.717) is 31.1 Å². The second kappa shape index (κ2) is 6.58. The second-order valence-corrected chi connectivity index (χ2v) is 5.89. The number of ether oxygens (including phenoxy) is 2. The van der Waals surface area contributed by atoms with Gasteiger partial charge in [0.2, 0.25) is 5.91 Å². The SMILES string of the molecule is CC[C@H]1CN(C(=O)CN2C(=O)[C@H](C)Oc3ccccc32)CCO1. The highest BCUT2D eigenvalue weighted by molar-refractivity contribution is 6.03. The van der Waals surface area contributed by atoms with E-state index in [1.807, 2.05) is 25.1 Å². The van der Waals surface area contributed by atoms with Crippen LogP contribution in [0.3, 0.4) is 0 Å². The number of hydrogen-bond acceptors (Lipinski definition) is 4. The van der Waals surface area contributed by atoms with E-state index >= 15 is 0 Å². The second-order valence-electron chi connectivity index (χ2n) is 5.89. The summed E-state index contributed by atoms with van der Waals surface area (Å²) < 4.78 is 11.2. The molecule has 6 nitrogen and oxygen atoms in total. The topological polar surface area (TPSA) is 59.1 Å². The van der Waals surface area contributed by atoms with E-state index in [9.17, 15) is 9.59 Å². The van der Waals surface area contributed by atoms with Gasteiger partial charge in [-0.3, -0.25) is 14.5 Å². The molecular formula is C17H22N2O4. The highest BCUT2D eigenvalue weighted by atomic mass is 16.5. The summed E-state index contributed by atoms with van der Waals surface area (Å²) in [5.74, 6) is 0.405. The van der Waals surface area contributed by atoms with Crippen LogP contribution in [0.5, 0.6) is 5.75 Å². The van der Waals surface area contributed by atoms with Crippen LogP contribution in [0, 0.1) is 0 Å². The normalized spacial score (nSPS) is 24.2. The zero-order valence-corrected chi connectivity index (χ0v) is 13.5. The summed E-state index contributed by atoms with van der Waals surface area (Å²) in [6.07, 6.45) is 0.380. The first-order valence-electron chi connectivity index (χ1n) is 8.06. The van der Waals surface area contributed by atoms with Gasteiger partial charge in [0.15, 0.2) is 6.10 Å². The van der Waals surface area contributed by atoms with Crippen molar-refractivity contribution >= 4 is 17.5 Å². The number of carbonyl (C=O) groups is 2. The van der Waals surface area contributed by atoms with E-state index in [1.54, 1.807) is 17.9 Å². The van der Waals surface area contributed by atoms with Gasteiger partial charge in [-0.2, -0.15) is 0 Å². The number of hydrogen-bond donors (Lipinski definition) is 0. The molecule has 124 valence electrons. The maximum absolute atomic E-state index is 12.6. The van der Waals surface area contributed by atoms with Crippen molar-refractivity contribution in [1.29, 1.82) is 0 Å². The highest BCUT2D eigenvalue weighted by Crippen LogP contribution is 2.33. The number of para-hydroxylation sites is 2. The molecule has 1 aromatic carbocycles. The van der Waals surface area contributed by atoms with Gasteiger partial charge in [0.25, 0.3) is 5.91 Å². The first-order valence-corrected chi connectivity index (χ1v) is 8.06. The Morgan fingerprint density at radius 2 is 2.13 bits per heavy atom. The third-order valence-corrected chi connectivity index (χ3v) is 4.31. The van der Waals surface area contributed by atoms with E-state index in [4.69, 9.17) is 9.47 Å². The summed E-state index contributed by atoms with van der Waals surface area (Å²) in [5, 5.41) is 0. The summed E-state index contributed by atoms with van der Waals surface area (Å²) in [7, 11) is 0. The predicted molar refractivity (Wildman–Crippen MR) is 85.5 cm³/mol. The minimum atomic E-state index is -0.578. The monoisotopic (exact) mass is 318 g/mol. The highest BCUT2D eigenvalue weighted by Gasteiger charge is 2.34. The number of fused-ring (bicyclic) bond motifs is 1. The van der Waals surface area contributed by atoms with Gasteiger partial charge in [-0.1, -0.05) is 19.1 Å². The number of amides is 2. The van der Waals surface area contributed by atoms with Gasteiger partial charge in [-0.15, -0.1) is 0 Å². The van der Waals surface area contributed by atoms with Gasteiger partial charge in [-0.25, -0.2) is 0 Å². The van der Waals surface area contributed by atoms with Crippen LogP contribution in [0.25, 0.3) is 0 Å². The molecule has 0 bridgehead atoms. The lowest BCUT2D eigenvalue weighted by Gasteiger charge is -2.36. The van der Waals surface area contributed by atoms with Crippen molar-refractivity contribution in [1.82, 2.24) is 4.90 Å². The Morgan fingerprint density at radius 3 is 2.91 bits per heavy atom. The first kappa shape index (κ1) is 15.8. The number of anilines is 1. The average molecular weight is 318 g/mol. The molecule has 3 rings (SSSR count). The molecule has 0 N–H and O–H groups in total. The molecule has 0 aliphatic carbocycles. The number of rotatable bonds is 3. The molecule has 0 unspecified atom stereocenters. The van der Waals surface area contributed by atoms with E-state index in [0.717, 1.165) is 6.42 Å². The smallest absolute Gasteiger partial charge is 0.268 e. The first-order chi connectivity index (χ1) is 11.1. The Bertz CT molecular complexity index is 604. The summed E-state index contributed by atoms with van der Waals surface area (Å²) in [5.41, 5.74) is 0.657. The molecular weight excluding hydrogens is 296 g/mol. The molecule has 1 saturated heterocycles. The molecule has 0 spiro atoms. The zero-order valence-electron chi connectivity index (χ0n) is 13.5. The fourth-order valence-corrected chi connectivity index (χ4v) is 2.95. The Labute approximate surface area is 136 Å². The van der Waals surface area contributed by atoms with Crippen molar-refractivity contribution in [2.45, 2.75) is 32.5 Å². The van der Waals surface area contributed by atoms with Gasteiger partial charge in [-0.05, 0) is 25.5 Å². The minimum Gasteiger partial charge on any atom is -0.479 e. The van der Waals surface area contributed by atoms with E-state index in [-0.39, 0.29) is 24.5 Å². The van der Waals surface area contributed by atoms with Crippen LogP contribution in [0.4, 0.5) is 5.69 Å². The van der Waals surface area contributed by atoms with Crippen molar-refractivity contribution in [3.8, 4) is 5.75 Å². The van der Waals surface area contributed by atoms with Crippen LogP contribution in [0.1, 0.15) is 20.3 Å². The largest absolute Gasteiger partial charge is 0.479 e. The van der Waals surface area contributed by atoms with Crippen molar-refractivity contribution < 1.29 is 19.1 Å². The number of morpholine rings is 1. The van der Waals surface area contributed by atoms with E-state index in [1.165, 1.54) is 4.90 Å². The van der Waals surface area contributed by atoms with Crippen molar-refractivity contribution in [2.75, 3.05) is 31.1 Å². The third kappa shape index (κ3) is 3.17. The summed E-state index contributed by atoms with van der Waals surface area (Å²) in [6, 6.07) is 7.32. The lowest BCUT2D eigenvalue weighted by Crippen LogP contribution is -2.52. The molecule has 2 amide bonds. The Hall–Kier alpha value is -2.08. The third-order valence-electron chi connectivity index (χ3n) is 4.31. The molecule has 2 aliphatic rings. The molecule has 2 heterocycles. The van der Waals surface area contributed by atoms with Gasteiger partial charge < -0.3 is 14.4 Å². The molecule has 0 saturated carbocycles. The molecule has 0 aromatic heterocycles. The number of benzene rings is 1. The van der Waals surface area contributed by atoms with Crippen LogP contribution < -0.4 is 9.64 Å². The standard InChI is InChI=1S/C17H22N2O4/c1-3-13-10-18(8-9-22-13)16(20)11-19-14-6-4-5-7-15(14)23-12(2)17(19)21/h4-7,12-13H,3,8-11H2,1-2H3/t12-,13-/m0/s1. The lowest BCUT2D eigenvalue weighted by atomic mass is 10.1. The summed E-state index contributed by atoms with van der Waals surface area (Å²) >= 11 is 0. The van der Waals surface area contributed by atoms with Crippen LogP contribution in [-0.2, 0) is 14.3 Å². The average Bonchev–Trinajstić information content (AvgIpc) is 2.58. The van der Waals surface area contributed by atoms with Crippen molar-refractivity contribution in [2.24, 2.45) is 0 Å². The molecule has 2 atom stereocenters. The van der Waals surface area contributed by atoms with Crippen LogP contribution in [0.2, 0.25) is 0 Å². The number of nitrogens with zero attached hydrogens (tertiary/aromatic N) is 2. The Balaban J connectivity index is 1.76. The van der Waals surface area contributed by atoms with Gasteiger partial charge in [0.1, 0.15) is 12.3 Å². The Morgan fingerprint density at radius 1 is 1.35 bits per heavy atom. The number of carbonyl (C=O) groups excluding carboxylic acids is 2. The van der Waals surface area contributed by atoms with Crippen molar-refractivity contribution in [3.63, 3.8) is 0 Å². The van der Waals surface area contributed by atoms with E-state index in [2.05, 4.69) is 0 Å². The quantitative estimate of drug-likeness (QED) is 0.846. The van der Waals surface area contributed by atoms with Crippen molar-refractivity contribution in [3.05, 3.63) is 24.3 Å². The van der Waals surface area contributed by atoms with Gasteiger partial charge >= 0.3 is 0 Å². The minimum absolute atomic E-state index is 0.0416. The van der Waals surface area contributed by atoms with Crippen LogP contribution >= 0.6 is 0 Å². The fraction of sp³-hybridized carbons (Fsp3) is 0.529. The lowest BCUT2D eigenvalue weighted by molar-refractivity contribution is -0.139. The van der Waals surface area contributed by atoms with Gasteiger partial charge in [0, 0.05) is 13.1 Å². The molecule has 23 heavy (non-hydrogen) atoms. The fourth-order valence-electron chi connectivity index (χ4n) is 2.95. The molecule has 1 fully saturated rings. The van der Waals surface area contributed by atoms with Gasteiger partial charge in [0.05, 0.1) is 18.4 Å². The van der Waals surface area contributed by atoms with Crippen LogP contribution in [0.15, 0.2) is 24.3 Å². The molecule has 1 aromatic rings. The summed E-state index contributed by atoms with van der Waals surface area (Å²) in [6.45, 7) is 5.50. The van der Waals surface area contributed by atoms with Crippen LogP contribution in [-0.4, -0.2) is 55.2 Å². The Kier molecular flexibility index (Phi) is 4.52. The van der Waals surface area contributed by atoms with E-state index < -0.39 is 6.10 Å². The molecule has 0 radical (unpaired) electrons. The molecule has 2 aliphatic heterocycles. The maximum atomic E-state index is 12.6. The summed E-state index contributed by atoms with van der Waals surface area (Å²) in [4.78, 5) is 28.4. The zero-order chi connectivity index (χ0) is 16.4.